The molecule has 0 radical (unpaired) electrons. The minimum atomic E-state index is -0.530. The SMILES string of the molecule is CCOC(=O)CN(C)Cc1ccccc1OC[C@@H](O)CN(C)C1CCCCC1. The first kappa shape index (κ1) is 22.7. The Morgan fingerprint density at radius 2 is 1.93 bits per heavy atom. The number of hydrogen-bond acceptors (Lipinski definition) is 6. The molecule has 0 aliphatic heterocycles. The van der Waals surface area contributed by atoms with Crippen LogP contribution in [0, 0.1) is 0 Å². The number of rotatable bonds is 11. The molecule has 0 bridgehead atoms. The first-order valence-electron chi connectivity index (χ1n) is 10.4. The third-order valence-electron chi connectivity index (χ3n) is 5.25. The number of aliphatic hydroxyl groups is 1. The van der Waals surface area contributed by atoms with Gasteiger partial charge in [0.2, 0.25) is 0 Å². The van der Waals surface area contributed by atoms with Crippen LogP contribution in [0.2, 0.25) is 0 Å². The van der Waals surface area contributed by atoms with Crippen molar-refractivity contribution in [2.45, 2.75) is 57.7 Å². The van der Waals surface area contributed by atoms with Crippen LogP contribution >= 0.6 is 0 Å². The van der Waals surface area contributed by atoms with Crippen LogP contribution in [0.4, 0.5) is 0 Å². The second kappa shape index (κ2) is 12.0. The molecule has 1 aliphatic rings. The molecule has 1 atom stereocenters. The molecule has 6 nitrogen and oxygen atoms in total. The summed E-state index contributed by atoms with van der Waals surface area (Å²) in [6, 6.07) is 8.34. The largest absolute Gasteiger partial charge is 0.491 e. The summed E-state index contributed by atoms with van der Waals surface area (Å²) in [6.45, 7) is 3.88. The maximum Gasteiger partial charge on any atom is 0.320 e. The quantitative estimate of drug-likeness (QED) is 0.584. The molecular weight excluding hydrogens is 356 g/mol. The predicted octanol–water partition coefficient (Wildman–Crippen LogP) is 2.69. The van der Waals surface area contributed by atoms with E-state index >= 15 is 0 Å². The van der Waals surface area contributed by atoms with E-state index in [2.05, 4.69) is 11.9 Å². The lowest BCUT2D eigenvalue weighted by Gasteiger charge is -2.32. The number of aliphatic hydroxyl groups excluding tert-OH is 1. The van der Waals surface area contributed by atoms with Gasteiger partial charge in [-0.15, -0.1) is 0 Å². The average Bonchev–Trinajstić information content (AvgIpc) is 2.68. The van der Waals surface area contributed by atoms with E-state index in [1.54, 1.807) is 6.92 Å². The van der Waals surface area contributed by atoms with E-state index < -0.39 is 6.10 Å². The fourth-order valence-electron chi connectivity index (χ4n) is 3.79. The Morgan fingerprint density at radius 3 is 2.64 bits per heavy atom. The zero-order chi connectivity index (χ0) is 20.4. The van der Waals surface area contributed by atoms with Crippen molar-refractivity contribution in [2.75, 3.05) is 40.4 Å². The fraction of sp³-hybridized carbons (Fsp3) is 0.682. The summed E-state index contributed by atoms with van der Waals surface area (Å²) in [5.74, 6) is 0.516. The number of likely N-dealkylation sites (N-methyl/N-ethyl adjacent to an activating group) is 2. The Hall–Kier alpha value is -1.63. The highest BCUT2D eigenvalue weighted by Crippen LogP contribution is 2.22. The van der Waals surface area contributed by atoms with Crippen LogP contribution in [-0.4, -0.2) is 73.4 Å². The minimum absolute atomic E-state index is 0.232. The smallest absolute Gasteiger partial charge is 0.320 e. The summed E-state index contributed by atoms with van der Waals surface area (Å²) in [5, 5.41) is 10.4. The summed E-state index contributed by atoms with van der Waals surface area (Å²) in [5.41, 5.74) is 0.988. The zero-order valence-electron chi connectivity index (χ0n) is 17.6. The highest BCUT2D eigenvalue weighted by Gasteiger charge is 2.20. The summed E-state index contributed by atoms with van der Waals surface area (Å²) < 4.78 is 10.9. The molecule has 0 aromatic heterocycles. The number of carbonyl (C=O) groups is 1. The fourth-order valence-corrected chi connectivity index (χ4v) is 3.79. The lowest BCUT2D eigenvalue weighted by atomic mass is 9.94. The van der Waals surface area contributed by atoms with E-state index in [-0.39, 0.29) is 19.1 Å². The van der Waals surface area contributed by atoms with Gasteiger partial charge in [-0.2, -0.15) is 0 Å². The first-order valence-corrected chi connectivity index (χ1v) is 10.4. The molecule has 1 aliphatic carbocycles. The molecule has 0 amide bonds. The Morgan fingerprint density at radius 1 is 1.21 bits per heavy atom. The highest BCUT2D eigenvalue weighted by molar-refractivity contribution is 5.71. The van der Waals surface area contributed by atoms with Gasteiger partial charge in [-0.25, -0.2) is 0 Å². The van der Waals surface area contributed by atoms with Gasteiger partial charge >= 0.3 is 5.97 Å². The Kier molecular flexibility index (Phi) is 9.75. The molecule has 1 N–H and O–H groups in total. The molecule has 6 heteroatoms. The third-order valence-corrected chi connectivity index (χ3v) is 5.25. The van der Waals surface area contributed by atoms with Crippen molar-refractivity contribution < 1.29 is 19.4 Å². The van der Waals surface area contributed by atoms with E-state index in [1.165, 1.54) is 32.1 Å². The van der Waals surface area contributed by atoms with E-state index in [0.29, 0.717) is 25.7 Å². The Labute approximate surface area is 169 Å². The number of esters is 1. The van der Waals surface area contributed by atoms with Crippen molar-refractivity contribution >= 4 is 5.97 Å². The van der Waals surface area contributed by atoms with Gasteiger partial charge in [0.25, 0.3) is 0 Å². The standard InChI is InChI=1S/C22H36N2O4/c1-4-27-22(26)16-23(2)14-18-10-8-9-13-21(18)28-17-20(25)15-24(3)19-11-6-5-7-12-19/h8-10,13,19-20,25H,4-7,11-12,14-17H2,1-3H3/t20-/m0/s1. The lowest BCUT2D eigenvalue weighted by Crippen LogP contribution is -2.40. The van der Waals surface area contributed by atoms with Crippen LogP contribution in [0.3, 0.4) is 0 Å². The topological polar surface area (TPSA) is 62.2 Å². The van der Waals surface area contributed by atoms with Crippen LogP contribution in [0.5, 0.6) is 5.75 Å². The van der Waals surface area contributed by atoms with Crippen LogP contribution in [-0.2, 0) is 16.1 Å². The summed E-state index contributed by atoms with van der Waals surface area (Å²) in [7, 11) is 3.97. The van der Waals surface area contributed by atoms with Crippen molar-refractivity contribution in [3.05, 3.63) is 29.8 Å². The molecule has 0 unspecified atom stereocenters. The highest BCUT2D eigenvalue weighted by atomic mass is 16.5. The zero-order valence-corrected chi connectivity index (χ0v) is 17.6. The van der Waals surface area contributed by atoms with Crippen LogP contribution < -0.4 is 4.74 Å². The van der Waals surface area contributed by atoms with Gasteiger partial charge in [-0.05, 0) is 39.9 Å². The number of ether oxygens (including phenoxy) is 2. The second-order valence-corrected chi connectivity index (χ2v) is 7.78. The molecule has 1 fully saturated rings. The number of para-hydroxylation sites is 1. The van der Waals surface area contributed by atoms with Crippen LogP contribution in [0.25, 0.3) is 0 Å². The molecule has 1 aromatic carbocycles. The maximum absolute atomic E-state index is 11.6. The van der Waals surface area contributed by atoms with Crippen molar-refractivity contribution in [1.82, 2.24) is 9.80 Å². The normalized spacial score (nSPS) is 16.4. The van der Waals surface area contributed by atoms with Crippen molar-refractivity contribution in [1.29, 1.82) is 0 Å². The molecule has 0 saturated heterocycles. The average molecular weight is 393 g/mol. The summed E-state index contributed by atoms with van der Waals surface area (Å²) >= 11 is 0. The molecule has 158 valence electrons. The van der Waals surface area contributed by atoms with Gasteiger partial charge in [-0.1, -0.05) is 37.5 Å². The summed E-state index contributed by atoms with van der Waals surface area (Å²) in [4.78, 5) is 15.8. The van der Waals surface area contributed by atoms with Crippen molar-refractivity contribution in [3.63, 3.8) is 0 Å². The van der Waals surface area contributed by atoms with E-state index in [0.717, 1.165) is 11.3 Å². The van der Waals surface area contributed by atoms with Gasteiger partial charge in [-0.3, -0.25) is 9.69 Å². The molecule has 0 heterocycles. The minimum Gasteiger partial charge on any atom is -0.491 e. The van der Waals surface area contributed by atoms with E-state index in [9.17, 15) is 9.90 Å². The van der Waals surface area contributed by atoms with E-state index in [4.69, 9.17) is 9.47 Å². The number of hydrogen-bond donors (Lipinski definition) is 1. The first-order chi connectivity index (χ1) is 13.5. The number of benzene rings is 1. The van der Waals surface area contributed by atoms with Gasteiger partial charge in [0.1, 0.15) is 18.5 Å². The summed E-state index contributed by atoms with van der Waals surface area (Å²) in [6.07, 6.45) is 5.82. The molecule has 28 heavy (non-hydrogen) atoms. The monoisotopic (exact) mass is 392 g/mol. The Balaban J connectivity index is 1.82. The third kappa shape index (κ3) is 7.78. The maximum atomic E-state index is 11.6. The molecular formula is C22H36N2O4. The molecule has 1 saturated carbocycles. The van der Waals surface area contributed by atoms with Gasteiger partial charge in [0, 0.05) is 24.7 Å². The number of carbonyl (C=O) groups excluding carboxylic acids is 1. The molecule has 0 spiro atoms. The second-order valence-electron chi connectivity index (χ2n) is 7.78. The van der Waals surface area contributed by atoms with Crippen LogP contribution in [0.1, 0.15) is 44.6 Å². The van der Waals surface area contributed by atoms with Crippen molar-refractivity contribution in [3.8, 4) is 5.75 Å². The lowest BCUT2D eigenvalue weighted by molar-refractivity contribution is -0.144. The van der Waals surface area contributed by atoms with Gasteiger partial charge in [0.05, 0.1) is 13.2 Å². The number of nitrogens with zero attached hydrogens (tertiary/aromatic N) is 2. The Bertz CT molecular complexity index is 590. The van der Waals surface area contributed by atoms with Gasteiger partial charge in [0.15, 0.2) is 0 Å². The van der Waals surface area contributed by atoms with Crippen LogP contribution in [0.15, 0.2) is 24.3 Å². The van der Waals surface area contributed by atoms with E-state index in [1.807, 2.05) is 36.2 Å². The van der Waals surface area contributed by atoms with Crippen molar-refractivity contribution in [2.24, 2.45) is 0 Å². The molecule has 1 aromatic rings. The molecule has 2 rings (SSSR count). The van der Waals surface area contributed by atoms with Gasteiger partial charge < -0.3 is 19.5 Å². The predicted molar refractivity (Wildman–Crippen MR) is 110 cm³/mol.